The fourth-order valence-corrected chi connectivity index (χ4v) is 2.01. The lowest BCUT2D eigenvalue weighted by molar-refractivity contribution is 0.196. The van der Waals surface area contributed by atoms with E-state index in [0.717, 1.165) is 11.1 Å². The van der Waals surface area contributed by atoms with Crippen molar-refractivity contribution in [1.29, 1.82) is 0 Å². The van der Waals surface area contributed by atoms with Gasteiger partial charge in [0.1, 0.15) is 0 Å². The summed E-state index contributed by atoms with van der Waals surface area (Å²) >= 11 is 0. The summed E-state index contributed by atoms with van der Waals surface area (Å²) < 4.78 is 1.40. The number of hydrogen-bond acceptors (Lipinski definition) is 2. The summed E-state index contributed by atoms with van der Waals surface area (Å²) in [6, 6.07) is 8.12. The highest BCUT2D eigenvalue weighted by Gasteiger charge is 2.14. The molecule has 0 spiro atoms. The van der Waals surface area contributed by atoms with Crippen LogP contribution in [0.3, 0.4) is 0 Å². The van der Waals surface area contributed by atoms with Crippen LogP contribution in [0.5, 0.6) is 0 Å². The van der Waals surface area contributed by atoms with E-state index in [1.54, 1.807) is 17.3 Å². The molecule has 2 aromatic rings. The number of hydrogen-bond donors (Lipinski definition) is 0. The highest BCUT2D eigenvalue weighted by Crippen LogP contribution is 2.09. The zero-order valence-corrected chi connectivity index (χ0v) is 13.6. The second-order valence-electron chi connectivity index (χ2n) is 4.75. The Bertz CT molecular complexity index is 575. The summed E-state index contributed by atoms with van der Waals surface area (Å²) in [6.07, 6.45) is 3.44. The van der Waals surface area contributed by atoms with Crippen LogP contribution < -0.4 is 0 Å². The molecule has 4 nitrogen and oxygen atoms in total. The third kappa shape index (κ3) is 4.74. The molecule has 1 amide bonds. The van der Waals surface area contributed by atoms with Gasteiger partial charge < -0.3 is 4.90 Å². The first kappa shape index (κ1) is 17.0. The summed E-state index contributed by atoms with van der Waals surface area (Å²) in [7, 11) is 0. The molecule has 2 rings (SSSR count). The van der Waals surface area contributed by atoms with Crippen LogP contribution in [0, 0.1) is 13.8 Å². The number of nitrogens with zero attached hydrogens (tertiary/aromatic N) is 3. The van der Waals surface area contributed by atoms with Crippen LogP contribution in [0.1, 0.15) is 37.5 Å². The van der Waals surface area contributed by atoms with Crippen molar-refractivity contribution in [1.82, 2.24) is 14.7 Å². The predicted molar refractivity (Wildman–Crippen MR) is 86.4 cm³/mol. The molecular formula is C17H25N3O. The van der Waals surface area contributed by atoms with E-state index in [9.17, 15) is 4.79 Å². The molecule has 0 aliphatic rings. The molecule has 0 bridgehead atoms. The molecular weight excluding hydrogens is 262 g/mol. The lowest BCUT2D eigenvalue weighted by Gasteiger charge is -2.20. The fraction of sp³-hybridized carbons (Fsp3) is 0.412. The molecule has 4 heteroatoms. The molecule has 1 heterocycles. The third-order valence-corrected chi connectivity index (χ3v) is 3.02. The van der Waals surface area contributed by atoms with Gasteiger partial charge in [-0.1, -0.05) is 43.7 Å². The molecule has 1 aromatic heterocycles. The van der Waals surface area contributed by atoms with Gasteiger partial charge in [0.2, 0.25) is 0 Å². The molecule has 0 aliphatic heterocycles. The number of amides is 1. The number of benzene rings is 1. The monoisotopic (exact) mass is 287 g/mol. The summed E-state index contributed by atoms with van der Waals surface area (Å²) in [4.78, 5) is 14.1. The second-order valence-corrected chi connectivity index (χ2v) is 4.75. The Kier molecular flexibility index (Phi) is 6.66. The number of rotatable bonds is 3. The van der Waals surface area contributed by atoms with Crippen molar-refractivity contribution in [2.24, 2.45) is 0 Å². The van der Waals surface area contributed by atoms with Crippen LogP contribution in [-0.4, -0.2) is 27.3 Å². The van der Waals surface area contributed by atoms with Gasteiger partial charge in [0.05, 0.1) is 6.20 Å². The molecule has 0 unspecified atom stereocenters. The first-order valence-corrected chi connectivity index (χ1v) is 7.46. The van der Waals surface area contributed by atoms with Crippen LogP contribution in [0.15, 0.2) is 36.7 Å². The fourth-order valence-electron chi connectivity index (χ4n) is 2.01. The third-order valence-electron chi connectivity index (χ3n) is 3.02. The molecule has 1 aromatic carbocycles. The number of carbonyl (C=O) groups is 1. The zero-order chi connectivity index (χ0) is 15.8. The average Bonchev–Trinajstić information content (AvgIpc) is 2.93. The van der Waals surface area contributed by atoms with E-state index in [4.69, 9.17) is 0 Å². The van der Waals surface area contributed by atoms with Crippen molar-refractivity contribution >= 4 is 6.03 Å². The van der Waals surface area contributed by atoms with Crippen LogP contribution in [0.25, 0.3) is 0 Å². The summed E-state index contributed by atoms with van der Waals surface area (Å²) in [5.41, 5.74) is 3.33. The van der Waals surface area contributed by atoms with Crippen molar-refractivity contribution in [3.05, 3.63) is 53.3 Å². The first-order chi connectivity index (χ1) is 10.1. The summed E-state index contributed by atoms with van der Waals surface area (Å²) in [5.74, 6) is 0. The van der Waals surface area contributed by atoms with Gasteiger partial charge in [-0.15, -0.1) is 0 Å². The highest BCUT2D eigenvalue weighted by molar-refractivity contribution is 5.76. The topological polar surface area (TPSA) is 38.1 Å². The quantitative estimate of drug-likeness (QED) is 0.855. The Morgan fingerprint density at radius 3 is 2.48 bits per heavy atom. The zero-order valence-electron chi connectivity index (χ0n) is 13.6. The van der Waals surface area contributed by atoms with Gasteiger partial charge in [-0.05, 0) is 31.9 Å². The molecule has 114 valence electrons. The maximum absolute atomic E-state index is 12.3. The maximum Gasteiger partial charge on any atom is 0.344 e. The van der Waals surface area contributed by atoms with E-state index in [1.807, 2.05) is 39.8 Å². The molecule has 0 aliphatic carbocycles. The van der Waals surface area contributed by atoms with Gasteiger partial charge in [-0.25, -0.2) is 4.79 Å². The van der Waals surface area contributed by atoms with E-state index in [0.29, 0.717) is 13.1 Å². The van der Waals surface area contributed by atoms with E-state index >= 15 is 0 Å². The minimum Gasteiger partial charge on any atom is -0.319 e. The summed E-state index contributed by atoms with van der Waals surface area (Å²) in [5, 5.41) is 4.07. The highest BCUT2D eigenvalue weighted by atomic mass is 16.2. The van der Waals surface area contributed by atoms with Gasteiger partial charge in [-0.3, -0.25) is 0 Å². The van der Waals surface area contributed by atoms with Crippen molar-refractivity contribution in [2.45, 2.75) is 41.2 Å². The minimum absolute atomic E-state index is 0.0860. The Morgan fingerprint density at radius 2 is 1.95 bits per heavy atom. The number of aryl methyl sites for hydroxylation is 2. The largest absolute Gasteiger partial charge is 0.344 e. The first-order valence-electron chi connectivity index (χ1n) is 7.46. The standard InChI is InChI=1S/C15H19N3O.C2H6/c1-4-17(11-14-7-5-6-12(2)8-14)15(19)18-10-13(3)9-16-18;1-2/h5-10H,4,11H2,1-3H3;1-2H3. The predicted octanol–water partition coefficient (Wildman–Crippen LogP) is 4.02. The molecule has 0 saturated carbocycles. The van der Waals surface area contributed by atoms with Gasteiger partial charge >= 0.3 is 6.03 Å². The van der Waals surface area contributed by atoms with Gasteiger partial charge in [0.15, 0.2) is 0 Å². The van der Waals surface area contributed by atoms with E-state index in [2.05, 4.69) is 24.2 Å². The Labute approximate surface area is 127 Å². The maximum atomic E-state index is 12.3. The van der Waals surface area contributed by atoms with Crippen LogP contribution in [0.4, 0.5) is 4.79 Å². The lowest BCUT2D eigenvalue weighted by Crippen LogP contribution is -2.34. The molecule has 0 fully saturated rings. The van der Waals surface area contributed by atoms with Crippen molar-refractivity contribution in [3.63, 3.8) is 0 Å². The van der Waals surface area contributed by atoms with Crippen molar-refractivity contribution in [2.75, 3.05) is 6.54 Å². The SMILES string of the molecule is CC.CCN(Cc1cccc(C)c1)C(=O)n1cc(C)cn1. The summed E-state index contributed by atoms with van der Waals surface area (Å²) in [6.45, 7) is 11.2. The number of aromatic nitrogens is 2. The van der Waals surface area contributed by atoms with Crippen LogP contribution in [0.2, 0.25) is 0 Å². The Hall–Kier alpha value is -2.10. The lowest BCUT2D eigenvalue weighted by atomic mass is 10.1. The normalized spacial score (nSPS) is 9.76. The van der Waals surface area contributed by atoms with E-state index in [1.165, 1.54) is 10.2 Å². The number of carbonyl (C=O) groups excluding carboxylic acids is 1. The average molecular weight is 287 g/mol. The van der Waals surface area contributed by atoms with Crippen LogP contribution >= 0.6 is 0 Å². The van der Waals surface area contributed by atoms with Gasteiger partial charge in [0.25, 0.3) is 0 Å². The van der Waals surface area contributed by atoms with Crippen molar-refractivity contribution in [3.8, 4) is 0 Å². The molecule has 21 heavy (non-hydrogen) atoms. The Morgan fingerprint density at radius 1 is 1.24 bits per heavy atom. The smallest absolute Gasteiger partial charge is 0.319 e. The molecule has 0 radical (unpaired) electrons. The van der Waals surface area contributed by atoms with E-state index < -0.39 is 0 Å². The van der Waals surface area contributed by atoms with E-state index in [-0.39, 0.29) is 6.03 Å². The molecule has 0 saturated heterocycles. The van der Waals surface area contributed by atoms with Crippen molar-refractivity contribution < 1.29 is 4.79 Å². The molecule has 0 atom stereocenters. The second kappa shape index (κ2) is 8.25. The van der Waals surface area contributed by atoms with Gasteiger partial charge in [0, 0.05) is 19.3 Å². The van der Waals surface area contributed by atoms with Gasteiger partial charge in [-0.2, -0.15) is 9.78 Å². The molecule has 0 N–H and O–H groups in total. The minimum atomic E-state index is -0.0860. The van der Waals surface area contributed by atoms with Crippen LogP contribution in [-0.2, 0) is 6.54 Å². The Balaban J connectivity index is 0.00000106.